The average molecular weight is 178 g/mol. The van der Waals surface area contributed by atoms with Crippen LogP contribution < -0.4 is 11.5 Å². The fourth-order valence-electron chi connectivity index (χ4n) is 1.35. The van der Waals surface area contributed by atoms with E-state index in [1.54, 1.807) is 0 Å². The molecular weight excluding hydrogens is 160 g/mol. The van der Waals surface area contributed by atoms with Crippen LogP contribution >= 0.6 is 0 Å². The number of nitrogen functional groups attached to an aromatic ring is 2. The second-order valence-corrected chi connectivity index (χ2v) is 4.70. The molecule has 1 aromatic carbocycles. The summed E-state index contributed by atoms with van der Waals surface area (Å²) < 4.78 is 0. The number of hydrogen-bond donors (Lipinski definition) is 2. The summed E-state index contributed by atoms with van der Waals surface area (Å²) in [6.45, 7) is 6.59. The Kier molecular flexibility index (Phi) is 2.50. The van der Waals surface area contributed by atoms with Crippen LogP contribution in [0.2, 0.25) is 0 Å². The van der Waals surface area contributed by atoms with E-state index in [0.717, 1.165) is 17.8 Å². The largest absolute Gasteiger partial charge is 0.399 e. The summed E-state index contributed by atoms with van der Waals surface area (Å²) >= 11 is 0. The lowest BCUT2D eigenvalue weighted by Crippen LogP contribution is -2.11. The van der Waals surface area contributed by atoms with Gasteiger partial charge in [0.1, 0.15) is 0 Å². The van der Waals surface area contributed by atoms with E-state index in [0.29, 0.717) is 0 Å². The van der Waals surface area contributed by atoms with Gasteiger partial charge >= 0.3 is 0 Å². The Balaban J connectivity index is 2.90. The molecule has 0 atom stereocenters. The van der Waals surface area contributed by atoms with Crippen molar-refractivity contribution in [3.05, 3.63) is 23.8 Å². The molecule has 0 unspecified atom stereocenters. The van der Waals surface area contributed by atoms with E-state index < -0.39 is 0 Å². The van der Waals surface area contributed by atoms with Gasteiger partial charge in [-0.05, 0) is 29.5 Å². The van der Waals surface area contributed by atoms with E-state index in [1.165, 1.54) is 5.56 Å². The summed E-state index contributed by atoms with van der Waals surface area (Å²) in [7, 11) is 0. The van der Waals surface area contributed by atoms with Gasteiger partial charge in [-0.3, -0.25) is 0 Å². The molecule has 72 valence electrons. The van der Waals surface area contributed by atoms with Gasteiger partial charge in [0.15, 0.2) is 0 Å². The SMILES string of the molecule is CC(C)(C)Cc1ccc(N)cc1N. The maximum Gasteiger partial charge on any atom is 0.0367 e. The third-order valence-corrected chi connectivity index (χ3v) is 1.89. The Morgan fingerprint density at radius 1 is 1.15 bits per heavy atom. The molecule has 0 saturated heterocycles. The van der Waals surface area contributed by atoms with Crippen molar-refractivity contribution in [3.63, 3.8) is 0 Å². The molecule has 13 heavy (non-hydrogen) atoms. The van der Waals surface area contributed by atoms with Gasteiger partial charge in [0.05, 0.1) is 0 Å². The predicted octanol–water partition coefficient (Wildman–Crippen LogP) is 2.44. The molecule has 0 aromatic heterocycles. The average Bonchev–Trinajstić information content (AvgIpc) is 1.93. The van der Waals surface area contributed by atoms with Gasteiger partial charge in [-0.1, -0.05) is 26.8 Å². The van der Waals surface area contributed by atoms with Crippen molar-refractivity contribution in [3.8, 4) is 0 Å². The molecule has 0 saturated carbocycles. The number of rotatable bonds is 1. The van der Waals surface area contributed by atoms with Crippen LogP contribution in [-0.4, -0.2) is 0 Å². The molecule has 1 aromatic rings. The smallest absolute Gasteiger partial charge is 0.0367 e. The van der Waals surface area contributed by atoms with Crippen molar-refractivity contribution in [2.75, 3.05) is 11.5 Å². The molecule has 0 aliphatic heterocycles. The fraction of sp³-hybridized carbons (Fsp3) is 0.455. The van der Waals surface area contributed by atoms with Crippen LogP contribution in [0.1, 0.15) is 26.3 Å². The molecule has 0 aliphatic carbocycles. The van der Waals surface area contributed by atoms with E-state index in [9.17, 15) is 0 Å². The zero-order chi connectivity index (χ0) is 10.1. The second-order valence-electron chi connectivity index (χ2n) is 4.70. The van der Waals surface area contributed by atoms with E-state index in [2.05, 4.69) is 20.8 Å². The third kappa shape index (κ3) is 2.98. The molecule has 2 heteroatoms. The first-order chi connectivity index (χ1) is 5.88. The van der Waals surface area contributed by atoms with Gasteiger partial charge in [0, 0.05) is 11.4 Å². The number of benzene rings is 1. The van der Waals surface area contributed by atoms with Crippen LogP contribution in [0.4, 0.5) is 11.4 Å². The van der Waals surface area contributed by atoms with Gasteiger partial charge in [-0.25, -0.2) is 0 Å². The van der Waals surface area contributed by atoms with E-state index in [-0.39, 0.29) is 5.41 Å². The monoisotopic (exact) mass is 178 g/mol. The molecule has 4 N–H and O–H groups in total. The Labute approximate surface area is 79.9 Å². The van der Waals surface area contributed by atoms with Gasteiger partial charge in [-0.2, -0.15) is 0 Å². The molecule has 2 nitrogen and oxygen atoms in total. The van der Waals surface area contributed by atoms with Crippen LogP contribution in [0, 0.1) is 5.41 Å². The molecule has 0 radical (unpaired) electrons. The van der Waals surface area contributed by atoms with E-state index in [1.807, 2.05) is 18.2 Å². The van der Waals surface area contributed by atoms with Gasteiger partial charge in [-0.15, -0.1) is 0 Å². The highest BCUT2D eigenvalue weighted by Crippen LogP contribution is 2.25. The number of nitrogens with two attached hydrogens (primary N) is 2. The topological polar surface area (TPSA) is 52.0 Å². The summed E-state index contributed by atoms with van der Waals surface area (Å²) in [6.07, 6.45) is 0.985. The normalized spacial score (nSPS) is 11.6. The summed E-state index contributed by atoms with van der Waals surface area (Å²) in [5.74, 6) is 0. The first-order valence-electron chi connectivity index (χ1n) is 4.52. The minimum absolute atomic E-state index is 0.268. The lowest BCUT2D eigenvalue weighted by molar-refractivity contribution is 0.412. The molecule has 0 bridgehead atoms. The molecule has 0 heterocycles. The zero-order valence-electron chi connectivity index (χ0n) is 8.59. The maximum absolute atomic E-state index is 5.85. The maximum atomic E-state index is 5.85. The molecule has 0 aliphatic rings. The Hall–Kier alpha value is -1.18. The predicted molar refractivity (Wildman–Crippen MR) is 58.4 cm³/mol. The molecule has 0 amide bonds. The van der Waals surface area contributed by atoms with Crippen molar-refractivity contribution >= 4 is 11.4 Å². The first kappa shape index (κ1) is 9.90. The lowest BCUT2D eigenvalue weighted by atomic mass is 9.87. The van der Waals surface area contributed by atoms with Crippen molar-refractivity contribution in [1.82, 2.24) is 0 Å². The highest BCUT2D eigenvalue weighted by molar-refractivity contribution is 5.56. The van der Waals surface area contributed by atoms with Crippen LogP contribution in [0.25, 0.3) is 0 Å². The van der Waals surface area contributed by atoms with Crippen molar-refractivity contribution in [2.24, 2.45) is 5.41 Å². The van der Waals surface area contributed by atoms with E-state index in [4.69, 9.17) is 11.5 Å². The van der Waals surface area contributed by atoms with E-state index >= 15 is 0 Å². The minimum Gasteiger partial charge on any atom is -0.399 e. The summed E-state index contributed by atoms with van der Waals surface area (Å²) in [5.41, 5.74) is 14.4. The number of hydrogen-bond acceptors (Lipinski definition) is 2. The fourth-order valence-corrected chi connectivity index (χ4v) is 1.35. The van der Waals surface area contributed by atoms with Crippen LogP contribution in [0.3, 0.4) is 0 Å². The van der Waals surface area contributed by atoms with Crippen molar-refractivity contribution in [2.45, 2.75) is 27.2 Å². The van der Waals surface area contributed by atoms with Crippen LogP contribution in [0.15, 0.2) is 18.2 Å². The van der Waals surface area contributed by atoms with Gasteiger partial charge < -0.3 is 11.5 Å². The molecule has 0 fully saturated rings. The van der Waals surface area contributed by atoms with Crippen molar-refractivity contribution < 1.29 is 0 Å². The Morgan fingerprint density at radius 3 is 2.23 bits per heavy atom. The van der Waals surface area contributed by atoms with Crippen LogP contribution in [0.5, 0.6) is 0 Å². The standard InChI is InChI=1S/C11H18N2/c1-11(2,3)7-8-4-5-9(12)6-10(8)13/h4-6H,7,12-13H2,1-3H3. The highest BCUT2D eigenvalue weighted by atomic mass is 14.6. The molecule has 0 spiro atoms. The van der Waals surface area contributed by atoms with Crippen LogP contribution in [-0.2, 0) is 6.42 Å². The second kappa shape index (κ2) is 3.29. The third-order valence-electron chi connectivity index (χ3n) is 1.89. The van der Waals surface area contributed by atoms with Crippen molar-refractivity contribution in [1.29, 1.82) is 0 Å². The summed E-state index contributed by atoms with van der Waals surface area (Å²) in [6, 6.07) is 5.73. The summed E-state index contributed by atoms with van der Waals surface area (Å²) in [5, 5.41) is 0. The molecular formula is C11H18N2. The Bertz CT molecular complexity index is 297. The Morgan fingerprint density at radius 2 is 1.77 bits per heavy atom. The minimum atomic E-state index is 0.268. The quantitative estimate of drug-likeness (QED) is 0.649. The summed E-state index contributed by atoms with van der Waals surface area (Å²) in [4.78, 5) is 0. The first-order valence-corrected chi connectivity index (χ1v) is 4.52. The highest BCUT2D eigenvalue weighted by Gasteiger charge is 2.12. The zero-order valence-corrected chi connectivity index (χ0v) is 8.59. The number of anilines is 2. The van der Waals surface area contributed by atoms with Gasteiger partial charge in [0.2, 0.25) is 0 Å². The van der Waals surface area contributed by atoms with Gasteiger partial charge in [0.25, 0.3) is 0 Å². The molecule has 1 rings (SSSR count). The lowest BCUT2D eigenvalue weighted by Gasteiger charge is -2.19.